The molecule has 1 aliphatic rings. The Labute approximate surface area is 180 Å². The molecule has 1 aromatic carbocycles. The average molecular weight is 433 g/mol. The van der Waals surface area contributed by atoms with E-state index in [1.165, 1.54) is 11.3 Å². The lowest BCUT2D eigenvalue weighted by atomic mass is 9.85. The molecule has 0 spiro atoms. The number of hydrogen-bond donors (Lipinski definition) is 3. The highest BCUT2D eigenvalue weighted by Crippen LogP contribution is 2.43. The monoisotopic (exact) mass is 432 g/mol. The van der Waals surface area contributed by atoms with E-state index in [1.54, 1.807) is 0 Å². The predicted octanol–water partition coefficient (Wildman–Crippen LogP) is 5.42. The zero-order valence-electron chi connectivity index (χ0n) is 16.9. The maximum absolute atomic E-state index is 15.0. The van der Waals surface area contributed by atoms with Crippen LogP contribution in [0.3, 0.4) is 0 Å². The number of thiophene rings is 1. The van der Waals surface area contributed by atoms with Crippen molar-refractivity contribution in [2.24, 2.45) is 11.8 Å². The molecule has 0 amide bonds. The number of hydrogen-bond acceptors (Lipinski definition) is 4. The number of rotatable bonds is 10. The fraction of sp³-hybridized carbons (Fsp3) is 0.458. The second-order valence-electron chi connectivity index (χ2n) is 8.08. The number of aliphatic hydroxyl groups is 2. The molecule has 0 saturated heterocycles. The van der Waals surface area contributed by atoms with Crippen LogP contribution in [0.1, 0.15) is 49.5 Å². The molecule has 2 unspecified atom stereocenters. The fourth-order valence-electron chi connectivity index (χ4n) is 4.25. The molecular weight excluding hydrogens is 403 g/mol. The van der Waals surface area contributed by atoms with E-state index < -0.39 is 24.3 Å². The topological polar surface area (TPSA) is 77.8 Å². The van der Waals surface area contributed by atoms with E-state index in [0.717, 1.165) is 15.7 Å². The highest BCUT2D eigenvalue weighted by molar-refractivity contribution is 7.19. The molecule has 3 N–H and O–H groups in total. The van der Waals surface area contributed by atoms with Crippen molar-refractivity contribution < 1.29 is 24.5 Å². The minimum Gasteiger partial charge on any atom is -0.481 e. The van der Waals surface area contributed by atoms with Crippen molar-refractivity contribution in [1.29, 1.82) is 0 Å². The van der Waals surface area contributed by atoms with Crippen molar-refractivity contribution >= 4 is 27.4 Å². The van der Waals surface area contributed by atoms with Crippen LogP contribution in [0.2, 0.25) is 0 Å². The third-order valence-corrected chi connectivity index (χ3v) is 7.09. The number of carboxylic acid groups (broad SMARTS) is 1. The Balaban J connectivity index is 1.59. The zero-order chi connectivity index (χ0) is 21.7. The smallest absolute Gasteiger partial charge is 0.303 e. The molecule has 0 aliphatic heterocycles. The van der Waals surface area contributed by atoms with Gasteiger partial charge in [-0.3, -0.25) is 4.79 Å². The van der Waals surface area contributed by atoms with E-state index in [1.807, 2.05) is 42.5 Å². The summed E-state index contributed by atoms with van der Waals surface area (Å²) in [5.41, 5.74) is 0.909. The van der Waals surface area contributed by atoms with E-state index in [2.05, 4.69) is 6.58 Å². The van der Waals surface area contributed by atoms with Gasteiger partial charge in [0.2, 0.25) is 0 Å². The van der Waals surface area contributed by atoms with Gasteiger partial charge in [-0.05, 0) is 61.5 Å². The average Bonchev–Trinajstić information content (AvgIpc) is 3.25. The molecule has 1 fully saturated rings. The highest BCUT2D eigenvalue weighted by Gasteiger charge is 2.39. The number of fused-ring (bicyclic) bond motifs is 1. The van der Waals surface area contributed by atoms with Crippen molar-refractivity contribution in [3.63, 3.8) is 0 Å². The summed E-state index contributed by atoms with van der Waals surface area (Å²) in [6.45, 7) is 4.06. The Kier molecular flexibility index (Phi) is 7.81. The zero-order valence-corrected chi connectivity index (χ0v) is 17.7. The Morgan fingerprint density at radius 2 is 2.10 bits per heavy atom. The summed E-state index contributed by atoms with van der Waals surface area (Å²) in [6, 6.07) is 9.56. The summed E-state index contributed by atoms with van der Waals surface area (Å²) in [6.07, 6.45) is 3.14. The lowest BCUT2D eigenvalue weighted by molar-refractivity contribution is -0.137. The van der Waals surface area contributed by atoms with Gasteiger partial charge >= 0.3 is 5.97 Å². The molecule has 1 heterocycles. The third kappa shape index (κ3) is 5.56. The first-order valence-corrected chi connectivity index (χ1v) is 11.2. The maximum Gasteiger partial charge on any atom is 0.303 e. The Bertz CT molecular complexity index is 872. The lowest BCUT2D eigenvalue weighted by Crippen LogP contribution is -2.26. The number of halogens is 1. The Morgan fingerprint density at radius 3 is 2.83 bits per heavy atom. The molecule has 1 saturated carbocycles. The number of carbonyl (C=O) groups is 1. The first-order valence-electron chi connectivity index (χ1n) is 10.4. The molecule has 2 aromatic rings. The van der Waals surface area contributed by atoms with Gasteiger partial charge in [0.1, 0.15) is 12.3 Å². The minimum absolute atomic E-state index is 0.0384. The largest absolute Gasteiger partial charge is 0.481 e. The van der Waals surface area contributed by atoms with Crippen LogP contribution in [-0.4, -0.2) is 33.6 Å². The number of unbranched alkanes of at least 4 members (excludes halogenated alkanes) is 1. The molecule has 5 atom stereocenters. The minimum atomic E-state index is -1.47. The number of allylic oxidation sites excluding steroid dienone is 2. The molecule has 4 nitrogen and oxygen atoms in total. The molecule has 30 heavy (non-hydrogen) atoms. The van der Waals surface area contributed by atoms with E-state index in [-0.39, 0.29) is 24.7 Å². The Hall–Kier alpha value is -2.02. The highest BCUT2D eigenvalue weighted by atomic mass is 32.1. The SMILES string of the molecule is C=C1C[C@@H](O)[C@@H](CC(F)C(O)c2cc3ccccc3s2)[C@H]1C/C=C\CCCC(=O)O. The van der Waals surface area contributed by atoms with Gasteiger partial charge in [0.25, 0.3) is 0 Å². The summed E-state index contributed by atoms with van der Waals surface area (Å²) in [5, 5.41) is 30.7. The van der Waals surface area contributed by atoms with Crippen LogP contribution in [0.4, 0.5) is 4.39 Å². The number of carboxylic acids is 1. The van der Waals surface area contributed by atoms with Gasteiger partial charge in [0.15, 0.2) is 0 Å². The summed E-state index contributed by atoms with van der Waals surface area (Å²) in [5.74, 6) is -1.13. The van der Waals surface area contributed by atoms with Crippen molar-refractivity contribution in [2.45, 2.75) is 56.9 Å². The van der Waals surface area contributed by atoms with Crippen molar-refractivity contribution in [3.05, 3.63) is 59.5 Å². The summed E-state index contributed by atoms with van der Waals surface area (Å²) in [7, 11) is 0. The molecule has 1 aromatic heterocycles. The van der Waals surface area contributed by atoms with Gasteiger partial charge in [0, 0.05) is 16.0 Å². The number of aliphatic hydroxyl groups excluding tert-OH is 2. The molecule has 0 bridgehead atoms. The molecule has 162 valence electrons. The van der Waals surface area contributed by atoms with Crippen LogP contribution >= 0.6 is 11.3 Å². The van der Waals surface area contributed by atoms with Crippen molar-refractivity contribution in [2.75, 3.05) is 0 Å². The maximum atomic E-state index is 15.0. The van der Waals surface area contributed by atoms with Crippen LogP contribution in [0.5, 0.6) is 0 Å². The Morgan fingerprint density at radius 1 is 1.33 bits per heavy atom. The van der Waals surface area contributed by atoms with E-state index in [4.69, 9.17) is 5.11 Å². The van der Waals surface area contributed by atoms with Gasteiger partial charge in [-0.25, -0.2) is 4.39 Å². The first kappa shape index (κ1) is 22.7. The lowest BCUT2D eigenvalue weighted by Gasteiger charge is -2.25. The van der Waals surface area contributed by atoms with Crippen LogP contribution in [0.15, 0.2) is 54.6 Å². The normalized spacial score (nSPS) is 24.0. The molecule has 0 radical (unpaired) electrons. The number of benzene rings is 1. The van der Waals surface area contributed by atoms with Gasteiger partial charge in [0.05, 0.1) is 6.10 Å². The standard InChI is InChI=1S/C24H29FO4S/c1-15-12-20(26)18(17(15)9-4-2-3-5-11-23(27)28)14-19(25)24(29)22-13-16-8-6-7-10-21(16)30-22/h2,4,6-8,10,13,17-20,24,26,29H,1,3,5,9,11-12,14H2,(H,27,28)/b4-2-/t17-,18-,19?,20+,24?/m0/s1. The van der Waals surface area contributed by atoms with Crippen molar-refractivity contribution in [1.82, 2.24) is 0 Å². The van der Waals surface area contributed by atoms with E-state index in [9.17, 15) is 15.0 Å². The van der Waals surface area contributed by atoms with Crippen LogP contribution < -0.4 is 0 Å². The summed E-state index contributed by atoms with van der Waals surface area (Å²) < 4.78 is 16.1. The van der Waals surface area contributed by atoms with E-state index in [0.29, 0.717) is 30.6 Å². The predicted molar refractivity (Wildman–Crippen MR) is 118 cm³/mol. The van der Waals surface area contributed by atoms with E-state index >= 15 is 4.39 Å². The third-order valence-electron chi connectivity index (χ3n) is 5.90. The molecular formula is C24H29FO4S. The summed E-state index contributed by atoms with van der Waals surface area (Å²) >= 11 is 1.39. The number of aliphatic carboxylic acids is 1. The van der Waals surface area contributed by atoms with Gasteiger partial charge in [-0.2, -0.15) is 0 Å². The quantitative estimate of drug-likeness (QED) is 0.346. The van der Waals surface area contributed by atoms with Crippen LogP contribution in [0.25, 0.3) is 10.1 Å². The second kappa shape index (κ2) is 10.3. The molecule has 6 heteroatoms. The number of alkyl halides is 1. The van der Waals surface area contributed by atoms with Gasteiger partial charge in [-0.15, -0.1) is 11.3 Å². The van der Waals surface area contributed by atoms with Gasteiger partial charge in [-0.1, -0.05) is 42.5 Å². The second-order valence-corrected chi connectivity index (χ2v) is 9.19. The fourth-order valence-corrected chi connectivity index (χ4v) is 5.35. The molecule has 1 aliphatic carbocycles. The van der Waals surface area contributed by atoms with Gasteiger partial charge < -0.3 is 15.3 Å². The van der Waals surface area contributed by atoms with Crippen LogP contribution in [-0.2, 0) is 4.79 Å². The van der Waals surface area contributed by atoms with Crippen molar-refractivity contribution in [3.8, 4) is 0 Å². The molecule has 3 rings (SSSR count). The van der Waals surface area contributed by atoms with Crippen LogP contribution in [0, 0.1) is 11.8 Å². The summed E-state index contributed by atoms with van der Waals surface area (Å²) in [4.78, 5) is 11.2. The first-order chi connectivity index (χ1) is 14.4.